The fraction of sp³-hybridized carbons (Fsp3) is 0.111. The van der Waals surface area contributed by atoms with Crippen LogP contribution in [0.3, 0.4) is 0 Å². The number of nitrogens with one attached hydrogen (secondary N) is 1. The SMILES string of the molecule is COc1ccc(/C=C2\SC(=Nc3ccccc3F)NC2=O)c(C)c1. The predicted molar refractivity (Wildman–Crippen MR) is 94.9 cm³/mol. The van der Waals surface area contributed by atoms with Crippen LogP contribution < -0.4 is 10.1 Å². The first-order valence-electron chi connectivity index (χ1n) is 7.25. The third kappa shape index (κ3) is 3.49. The van der Waals surface area contributed by atoms with Gasteiger partial charge in [0, 0.05) is 0 Å². The smallest absolute Gasteiger partial charge is 0.264 e. The number of nitrogens with zero attached hydrogens (tertiary/aromatic N) is 1. The minimum Gasteiger partial charge on any atom is -0.497 e. The first kappa shape index (κ1) is 16.3. The van der Waals surface area contributed by atoms with Gasteiger partial charge in [-0.2, -0.15) is 0 Å². The molecule has 3 rings (SSSR count). The molecule has 0 saturated carbocycles. The quantitative estimate of drug-likeness (QED) is 0.857. The van der Waals surface area contributed by atoms with Gasteiger partial charge < -0.3 is 10.1 Å². The normalized spacial score (nSPS) is 17.4. The number of ether oxygens (including phenoxy) is 1. The Bertz CT molecular complexity index is 862. The molecule has 1 aliphatic heterocycles. The molecular weight excluding hydrogens is 327 g/mol. The Hall–Kier alpha value is -2.60. The van der Waals surface area contributed by atoms with E-state index in [9.17, 15) is 9.18 Å². The van der Waals surface area contributed by atoms with E-state index < -0.39 is 5.82 Å². The Labute approximate surface area is 143 Å². The first-order chi connectivity index (χ1) is 11.6. The van der Waals surface area contributed by atoms with E-state index in [1.807, 2.05) is 25.1 Å². The molecule has 122 valence electrons. The van der Waals surface area contributed by atoms with Crippen LogP contribution in [0.1, 0.15) is 11.1 Å². The molecule has 6 heteroatoms. The molecule has 0 aromatic heterocycles. The minimum absolute atomic E-state index is 0.196. The van der Waals surface area contributed by atoms with E-state index in [1.54, 1.807) is 31.4 Å². The highest BCUT2D eigenvalue weighted by Crippen LogP contribution is 2.30. The van der Waals surface area contributed by atoms with Crippen LogP contribution in [0, 0.1) is 12.7 Å². The van der Waals surface area contributed by atoms with Gasteiger partial charge in [0.1, 0.15) is 17.3 Å². The maximum atomic E-state index is 13.7. The lowest BCUT2D eigenvalue weighted by atomic mass is 10.1. The second-order valence-corrected chi connectivity index (χ2v) is 6.19. The predicted octanol–water partition coefficient (Wildman–Crippen LogP) is 4.03. The van der Waals surface area contributed by atoms with Crippen molar-refractivity contribution in [3.8, 4) is 5.75 Å². The minimum atomic E-state index is -0.428. The van der Waals surface area contributed by atoms with Gasteiger partial charge in [-0.15, -0.1) is 0 Å². The third-order valence-corrected chi connectivity index (χ3v) is 4.40. The fourth-order valence-corrected chi connectivity index (χ4v) is 3.04. The number of rotatable bonds is 3. The van der Waals surface area contributed by atoms with Crippen LogP contribution in [0.4, 0.5) is 10.1 Å². The Morgan fingerprint density at radius 3 is 2.75 bits per heavy atom. The molecule has 1 saturated heterocycles. The number of carbonyl (C=O) groups excluding carboxylic acids is 1. The maximum absolute atomic E-state index is 13.7. The molecule has 4 nitrogen and oxygen atoms in total. The molecule has 2 aromatic carbocycles. The summed E-state index contributed by atoms with van der Waals surface area (Å²) in [5.41, 5.74) is 2.11. The summed E-state index contributed by atoms with van der Waals surface area (Å²) >= 11 is 1.19. The zero-order valence-electron chi connectivity index (χ0n) is 13.2. The number of thioether (sulfide) groups is 1. The van der Waals surface area contributed by atoms with Crippen molar-refractivity contribution >= 4 is 34.6 Å². The summed E-state index contributed by atoms with van der Waals surface area (Å²) in [4.78, 5) is 16.8. The monoisotopic (exact) mass is 342 g/mol. The summed E-state index contributed by atoms with van der Waals surface area (Å²) in [5, 5.41) is 3.02. The maximum Gasteiger partial charge on any atom is 0.264 e. The Balaban J connectivity index is 1.86. The van der Waals surface area contributed by atoms with E-state index in [-0.39, 0.29) is 11.6 Å². The summed E-state index contributed by atoms with van der Waals surface area (Å²) in [5.74, 6) is 0.0913. The van der Waals surface area contributed by atoms with Crippen molar-refractivity contribution in [2.24, 2.45) is 4.99 Å². The van der Waals surface area contributed by atoms with Crippen LogP contribution in [0.2, 0.25) is 0 Å². The largest absolute Gasteiger partial charge is 0.497 e. The second-order valence-electron chi connectivity index (χ2n) is 5.16. The number of aliphatic imine (C=N–C) groups is 1. The summed E-state index contributed by atoms with van der Waals surface area (Å²) in [6.45, 7) is 1.95. The van der Waals surface area contributed by atoms with E-state index in [4.69, 9.17) is 4.74 Å². The molecule has 1 amide bonds. The highest BCUT2D eigenvalue weighted by molar-refractivity contribution is 8.18. The molecule has 1 fully saturated rings. The number of para-hydroxylation sites is 1. The van der Waals surface area contributed by atoms with Crippen molar-refractivity contribution in [2.45, 2.75) is 6.92 Å². The summed E-state index contributed by atoms with van der Waals surface area (Å²) in [7, 11) is 1.61. The lowest BCUT2D eigenvalue weighted by Crippen LogP contribution is -2.19. The molecule has 0 atom stereocenters. The van der Waals surface area contributed by atoms with Crippen LogP contribution in [0.5, 0.6) is 5.75 Å². The van der Waals surface area contributed by atoms with E-state index in [1.165, 1.54) is 17.8 Å². The van der Waals surface area contributed by atoms with Crippen molar-refractivity contribution in [2.75, 3.05) is 7.11 Å². The van der Waals surface area contributed by atoms with Gasteiger partial charge >= 0.3 is 0 Å². The van der Waals surface area contributed by atoms with Crippen molar-refractivity contribution < 1.29 is 13.9 Å². The first-order valence-corrected chi connectivity index (χ1v) is 8.07. The van der Waals surface area contributed by atoms with Crippen molar-refractivity contribution in [3.05, 3.63) is 64.3 Å². The zero-order valence-corrected chi connectivity index (χ0v) is 14.0. The van der Waals surface area contributed by atoms with Gasteiger partial charge in [0.25, 0.3) is 5.91 Å². The van der Waals surface area contributed by atoms with Gasteiger partial charge in [0.2, 0.25) is 0 Å². The summed E-state index contributed by atoms with van der Waals surface area (Å²) in [6, 6.07) is 11.8. The summed E-state index contributed by atoms with van der Waals surface area (Å²) < 4.78 is 18.8. The molecule has 2 aromatic rings. The molecule has 0 spiro atoms. The number of amidine groups is 1. The highest BCUT2D eigenvalue weighted by atomic mass is 32.2. The molecule has 1 N–H and O–H groups in total. The number of amides is 1. The van der Waals surface area contributed by atoms with Gasteiger partial charge in [-0.25, -0.2) is 9.38 Å². The molecule has 24 heavy (non-hydrogen) atoms. The topological polar surface area (TPSA) is 50.7 Å². The molecule has 1 heterocycles. The van der Waals surface area contributed by atoms with E-state index in [0.717, 1.165) is 16.9 Å². The number of carbonyl (C=O) groups is 1. The molecule has 0 unspecified atom stereocenters. The number of halogens is 1. The number of aryl methyl sites for hydroxylation is 1. The molecular formula is C18H15FN2O2S. The van der Waals surface area contributed by atoms with Crippen LogP contribution >= 0.6 is 11.8 Å². The van der Waals surface area contributed by atoms with Crippen LogP contribution in [-0.2, 0) is 4.79 Å². The van der Waals surface area contributed by atoms with Gasteiger partial charge in [0.05, 0.1) is 12.0 Å². The van der Waals surface area contributed by atoms with Crippen LogP contribution in [0.25, 0.3) is 6.08 Å². The van der Waals surface area contributed by atoms with Crippen molar-refractivity contribution in [1.82, 2.24) is 5.32 Å². The van der Waals surface area contributed by atoms with Crippen LogP contribution in [-0.4, -0.2) is 18.2 Å². The van der Waals surface area contributed by atoms with Crippen molar-refractivity contribution in [1.29, 1.82) is 0 Å². The van der Waals surface area contributed by atoms with Crippen LogP contribution in [0.15, 0.2) is 52.4 Å². The second kappa shape index (κ2) is 6.88. The summed E-state index contributed by atoms with van der Waals surface area (Å²) in [6.07, 6.45) is 1.79. The standard InChI is InChI=1S/C18H15FN2O2S/c1-11-9-13(23-2)8-7-12(11)10-16-17(22)21-18(24-16)20-15-6-4-3-5-14(15)19/h3-10H,1-2H3,(H,20,21,22)/b16-10-. The van der Waals surface area contributed by atoms with Gasteiger partial charge in [0.15, 0.2) is 5.17 Å². The average Bonchev–Trinajstić information content (AvgIpc) is 2.91. The Kier molecular flexibility index (Phi) is 4.66. The zero-order chi connectivity index (χ0) is 17.1. The van der Waals surface area contributed by atoms with E-state index in [0.29, 0.717) is 10.1 Å². The lowest BCUT2D eigenvalue weighted by Gasteiger charge is -2.04. The number of hydrogen-bond acceptors (Lipinski definition) is 4. The molecule has 0 bridgehead atoms. The number of hydrogen-bond donors (Lipinski definition) is 1. The fourth-order valence-electron chi connectivity index (χ4n) is 2.21. The van der Waals surface area contributed by atoms with E-state index >= 15 is 0 Å². The average molecular weight is 342 g/mol. The Morgan fingerprint density at radius 2 is 2.04 bits per heavy atom. The van der Waals surface area contributed by atoms with Crippen molar-refractivity contribution in [3.63, 3.8) is 0 Å². The van der Waals surface area contributed by atoms with E-state index in [2.05, 4.69) is 10.3 Å². The Morgan fingerprint density at radius 1 is 1.25 bits per heavy atom. The van der Waals surface area contributed by atoms with Gasteiger partial charge in [-0.1, -0.05) is 18.2 Å². The molecule has 1 aliphatic rings. The van der Waals surface area contributed by atoms with Gasteiger partial charge in [-0.05, 0) is 60.2 Å². The highest BCUT2D eigenvalue weighted by Gasteiger charge is 2.24. The molecule has 0 radical (unpaired) electrons. The number of methoxy groups -OCH3 is 1. The van der Waals surface area contributed by atoms with Gasteiger partial charge in [-0.3, -0.25) is 4.79 Å². The molecule has 0 aliphatic carbocycles. The lowest BCUT2D eigenvalue weighted by molar-refractivity contribution is -0.115. The number of benzene rings is 2. The third-order valence-electron chi connectivity index (χ3n) is 3.49.